The maximum Gasteiger partial charge on any atom is -0.0351 e. The molecule has 0 aromatic carbocycles. The van der Waals surface area contributed by atoms with Gasteiger partial charge >= 0.3 is 0 Å². The Bertz CT molecular complexity index is 18.8. The summed E-state index contributed by atoms with van der Waals surface area (Å²) in [5, 5.41) is 0. The highest BCUT2D eigenvalue weighted by molar-refractivity contribution is 7.77. The summed E-state index contributed by atoms with van der Waals surface area (Å²) < 4.78 is 0. The molecular weight excluding hydrogens is 152 g/mol. The van der Waals surface area contributed by atoms with Crippen LogP contribution in [0, 0.1) is 0 Å². The van der Waals surface area contributed by atoms with Gasteiger partial charge in [-0.3, -0.25) is 0 Å². The van der Waals surface area contributed by atoms with Crippen molar-refractivity contribution < 1.29 is 0 Å². The van der Waals surface area contributed by atoms with Crippen LogP contribution in [-0.2, 0) is 0 Å². The van der Waals surface area contributed by atoms with Gasteiger partial charge in [-0.25, -0.2) is 0 Å². The summed E-state index contributed by atoms with van der Waals surface area (Å²) in [4.78, 5) is 0. The lowest BCUT2D eigenvalue weighted by Crippen LogP contribution is -1.59. The average Bonchev–Trinajstić information content (AvgIpc) is 2.16. The molecule has 0 saturated carbocycles. The van der Waals surface area contributed by atoms with Gasteiger partial charge in [0.05, 0.1) is 0 Å². The van der Waals surface area contributed by atoms with Crippen LogP contribution in [0.25, 0.3) is 0 Å². The fraction of sp³-hybridized carbons (Fsp3) is 0.900. The minimum absolute atomic E-state index is 1.34. The summed E-state index contributed by atoms with van der Waals surface area (Å²) in [7, 11) is 0. The summed E-state index contributed by atoms with van der Waals surface area (Å²) in [6.45, 7) is 12.4. The molecule has 0 saturated heterocycles. The second-order valence-electron chi connectivity index (χ2n) is 1.35. The molecule has 0 radical (unpaired) electrons. The van der Waals surface area contributed by atoms with E-state index >= 15 is 0 Å². The van der Waals surface area contributed by atoms with Crippen LogP contribution in [-0.4, -0.2) is 5.87 Å². The largest absolute Gasteiger partial charge is 0.0973 e. The van der Waals surface area contributed by atoms with Crippen LogP contribution < -0.4 is 0 Å². The van der Waals surface area contributed by atoms with Gasteiger partial charge in [-0.1, -0.05) is 73.0 Å². The SMILES string of the molecule is C=S.CC.CC.CCCCC. The van der Waals surface area contributed by atoms with E-state index in [0.717, 1.165) is 0 Å². The van der Waals surface area contributed by atoms with Gasteiger partial charge < -0.3 is 0 Å². The van der Waals surface area contributed by atoms with E-state index in [1.165, 1.54) is 19.3 Å². The molecule has 0 bridgehead atoms. The van der Waals surface area contributed by atoms with E-state index in [2.05, 4.69) is 31.9 Å². The molecule has 11 heavy (non-hydrogen) atoms. The molecule has 0 rings (SSSR count). The maximum absolute atomic E-state index is 3.83. The second-order valence-corrected chi connectivity index (χ2v) is 1.35. The Balaban J connectivity index is -0.0000000350. The van der Waals surface area contributed by atoms with E-state index < -0.39 is 0 Å². The molecule has 0 aromatic rings. The van der Waals surface area contributed by atoms with E-state index in [1.807, 2.05) is 27.7 Å². The molecule has 0 aliphatic heterocycles. The zero-order valence-electron chi connectivity index (χ0n) is 9.24. The third-order valence-electron chi connectivity index (χ3n) is 0.707. The van der Waals surface area contributed by atoms with E-state index in [4.69, 9.17) is 0 Å². The fourth-order valence-corrected chi connectivity index (χ4v) is 0.354. The van der Waals surface area contributed by atoms with Crippen LogP contribution in [0.5, 0.6) is 0 Å². The Morgan fingerprint density at radius 3 is 1.00 bits per heavy atom. The lowest BCUT2D eigenvalue weighted by atomic mass is 10.3. The van der Waals surface area contributed by atoms with Crippen molar-refractivity contribution in [2.75, 3.05) is 0 Å². The van der Waals surface area contributed by atoms with Crippen LogP contribution in [0.15, 0.2) is 0 Å². The Kier molecular flexibility index (Phi) is 178. The quantitative estimate of drug-likeness (QED) is 0.544. The van der Waals surface area contributed by atoms with Crippen molar-refractivity contribution in [2.45, 2.75) is 60.8 Å². The normalized spacial score (nSPS) is 5.27. The Morgan fingerprint density at radius 1 is 0.818 bits per heavy atom. The first-order valence-corrected chi connectivity index (χ1v) is 5.28. The molecule has 0 fully saturated rings. The van der Waals surface area contributed by atoms with Crippen molar-refractivity contribution in [1.29, 1.82) is 0 Å². The minimum atomic E-state index is 1.34. The third-order valence-corrected chi connectivity index (χ3v) is 0.707. The van der Waals surface area contributed by atoms with Crippen LogP contribution in [0.3, 0.4) is 0 Å². The first-order chi connectivity index (χ1) is 5.41. The number of unbranched alkanes of at least 4 members (excludes halogenated alkanes) is 2. The molecule has 0 aliphatic carbocycles. The Labute approximate surface area is 79.4 Å². The highest BCUT2D eigenvalue weighted by atomic mass is 32.1. The Morgan fingerprint density at radius 2 is 1.00 bits per heavy atom. The molecule has 0 spiro atoms. The standard InChI is InChI=1S/C5H12.2C2H6.CH2S/c1-3-5-4-2;3*1-2/h3-5H2,1-2H3;2*1-2H3;1H2. The highest BCUT2D eigenvalue weighted by Crippen LogP contribution is 1.88. The number of hydrogen-bond acceptors (Lipinski definition) is 1. The molecule has 1 heteroatoms. The predicted octanol–water partition coefficient (Wildman–Crippen LogP) is 4.86. The van der Waals surface area contributed by atoms with Crippen LogP contribution in [0.1, 0.15) is 60.8 Å². The van der Waals surface area contributed by atoms with Gasteiger partial charge in [0.1, 0.15) is 0 Å². The monoisotopic (exact) mass is 178 g/mol. The van der Waals surface area contributed by atoms with Crippen molar-refractivity contribution in [1.82, 2.24) is 0 Å². The van der Waals surface area contributed by atoms with Crippen molar-refractivity contribution in [2.24, 2.45) is 0 Å². The minimum Gasteiger partial charge on any atom is -0.0973 e. The van der Waals surface area contributed by atoms with Crippen LogP contribution >= 0.6 is 12.2 Å². The molecule has 0 nitrogen and oxygen atoms in total. The van der Waals surface area contributed by atoms with Crippen molar-refractivity contribution in [3.8, 4) is 0 Å². The molecule has 0 heterocycles. The lowest BCUT2D eigenvalue weighted by molar-refractivity contribution is 0.772. The molecule has 0 aromatic heterocycles. The summed E-state index contributed by atoms with van der Waals surface area (Å²) >= 11 is 3.83. The van der Waals surface area contributed by atoms with Crippen molar-refractivity contribution in [3.05, 3.63) is 0 Å². The summed E-state index contributed by atoms with van der Waals surface area (Å²) in [5.41, 5.74) is 0. The summed E-state index contributed by atoms with van der Waals surface area (Å²) in [5.74, 6) is 2.83. The first-order valence-electron chi connectivity index (χ1n) is 4.70. The van der Waals surface area contributed by atoms with Crippen LogP contribution in [0.4, 0.5) is 0 Å². The van der Waals surface area contributed by atoms with E-state index in [0.29, 0.717) is 0 Å². The van der Waals surface area contributed by atoms with Crippen molar-refractivity contribution in [3.63, 3.8) is 0 Å². The number of rotatable bonds is 2. The zero-order valence-corrected chi connectivity index (χ0v) is 10.1. The predicted molar refractivity (Wildman–Crippen MR) is 62.6 cm³/mol. The molecule has 0 N–H and O–H groups in total. The van der Waals surface area contributed by atoms with Gasteiger partial charge in [0, 0.05) is 0 Å². The molecular formula is C10H26S. The summed E-state index contributed by atoms with van der Waals surface area (Å²) in [6.07, 6.45) is 4.08. The smallest absolute Gasteiger partial charge is 0.0351 e. The molecule has 0 atom stereocenters. The zero-order chi connectivity index (χ0) is 10.1. The van der Waals surface area contributed by atoms with E-state index in [-0.39, 0.29) is 0 Å². The lowest BCUT2D eigenvalue weighted by Gasteiger charge is -1.79. The van der Waals surface area contributed by atoms with E-state index in [9.17, 15) is 0 Å². The van der Waals surface area contributed by atoms with Gasteiger partial charge in [0.25, 0.3) is 0 Å². The maximum atomic E-state index is 3.83. The second kappa shape index (κ2) is 87.3. The average molecular weight is 178 g/mol. The molecule has 0 amide bonds. The summed E-state index contributed by atoms with van der Waals surface area (Å²) in [6, 6.07) is 0. The highest BCUT2D eigenvalue weighted by Gasteiger charge is 1.68. The topological polar surface area (TPSA) is 0 Å². The van der Waals surface area contributed by atoms with Crippen molar-refractivity contribution >= 4 is 18.1 Å². The number of hydrogen-bond donors (Lipinski definition) is 0. The van der Waals surface area contributed by atoms with Gasteiger partial charge in [-0.2, -0.15) is 0 Å². The Hall–Kier alpha value is 0.0900. The molecule has 0 aliphatic rings. The van der Waals surface area contributed by atoms with E-state index in [1.54, 1.807) is 0 Å². The fourth-order valence-electron chi connectivity index (χ4n) is 0.354. The van der Waals surface area contributed by atoms with Crippen LogP contribution in [0.2, 0.25) is 0 Å². The van der Waals surface area contributed by atoms with Gasteiger partial charge in [-0.15, -0.1) is 0 Å². The first kappa shape index (κ1) is 22.5. The molecule has 72 valence electrons. The molecule has 0 unspecified atom stereocenters. The third kappa shape index (κ3) is 151. The van der Waals surface area contributed by atoms with Gasteiger partial charge in [-0.05, 0) is 5.87 Å². The number of thiocarbonyl (C=S) groups is 1. The van der Waals surface area contributed by atoms with Gasteiger partial charge in [0.2, 0.25) is 0 Å². The van der Waals surface area contributed by atoms with Gasteiger partial charge in [0.15, 0.2) is 0 Å².